The van der Waals surface area contributed by atoms with Crippen LogP contribution in [0.25, 0.3) is 0 Å². The van der Waals surface area contributed by atoms with Gasteiger partial charge in [0.2, 0.25) is 0 Å². The van der Waals surface area contributed by atoms with Gasteiger partial charge in [-0.05, 0) is 60.5 Å². The highest BCUT2D eigenvalue weighted by molar-refractivity contribution is 7.80. The maximum atomic E-state index is 12.2. The number of amides is 1. The van der Waals surface area contributed by atoms with Crippen molar-refractivity contribution in [2.75, 3.05) is 12.4 Å². The van der Waals surface area contributed by atoms with Crippen LogP contribution in [0.2, 0.25) is 5.02 Å². The molecular weight excluding hydrogens is 356 g/mol. The fourth-order valence-electron chi connectivity index (χ4n) is 2.28. The molecule has 0 aliphatic carbocycles. The van der Waals surface area contributed by atoms with E-state index in [0.717, 1.165) is 12.1 Å². The van der Waals surface area contributed by atoms with Crippen molar-refractivity contribution in [3.8, 4) is 5.75 Å². The van der Waals surface area contributed by atoms with Gasteiger partial charge in [-0.25, -0.2) is 0 Å². The Bertz CT molecular complexity index is 763. The summed E-state index contributed by atoms with van der Waals surface area (Å²) >= 11 is 11.2. The molecule has 0 fully saturated rings. The van der Waals surface area contributed by atoms with Gasteiger partial charge in [0.1, 0.15) is 5.75 Å². The van der Waals surface area contributed by atoms with E-state index in [2.05, 4.69) is 36.6 Å². The fourth-order valence-corrected chi connectivity index (χ4v) is 2.74. The highest BCUT2D eigenvalue weighted by Gasteiger charge is 2.11. The lowest BCUT2D eigenvalue weighted by Crippen LogP contribution is -2.34. The average molecular weight is 377 g/mol. The van der Waals surface area contributed by atoms with Crippen LogP contribution in [0.5, 0.6) is 5.75 Å². The molecule has 2 aromatic carbocycles. The summed E-state index contributed by atoms with van der Waals surface area (Å²) < 4.78 is 5.07. The van der Waals surface area contributed by atoms with Gasteiger partial charge in [-0.1, -0.05) is 37.6 Å². The number of halogens is 1. The fraction of sp³-hybridized carbons (Fsp3) is 0.263. The topological polar surface area (TPSA) is 50.4 Å². The number of nitrogens with one attached hydrogen (secondary N) is 2. The predicted molar refractivity (Wildman–Crippen MR) is 107 cm³/mol. The van der Waals surface area contributed by atoms with Crippen LogP contribution in [0, 0.1) is 0 Å². The van der Waals surface area contributed by atoms with Crippen molar-refractivity contribution in [3.05, 3.63) is 58.6 Å². The molecule has 0 aromatic heterocycles. The Labute approximate surface area is 158 Å². The number of rotatable bonds is 5. The van der Waals surface area contributed by atoms with Gasteiger partial charge in [0, 0.05) is 11.3 Å². The Balaban J connectivity index is 1.97. The molecule has 25 heavy (non-hydrogen) atoms. The Morgan fingerprint density at radius 3 is 2.48 bits per heavy atom. The third-order valence-corrected chi connectivity index (χ3v) is 4.49. The molecule has 2 rings (SSSR count). The molecule has 0 saturated heterocycles. The molecule has 132 valence electrons. The van der Waals surface area contributed by atoms with Crippen LogP contribution < -0.4 is 15.4 Å². The van der Waals surface area contributed by atoms with Crippen molar-refractivity contribution in [1.29, 1.82) is 0 Å². The highest BCUT2D eigenvalue weighted by Crippen LogP contribution is 2.25. The van der Waals surface area contributed by atoms with Gasteiger partial charge in [-0.15, -0.1) is 0 Å². The summed E-state index contributed by atoms with van der Waals surface area (Å²) in [6.07, 6.45) is 1.09. The second kappa shape index (κ2) is 8.83. The maximum Gasteiger partial charge on any atom is 0.257 e. The third kappa shape index (κ3) is 5.18. The van der Waals surface area contributed by atoms with Crippen molar-refractivity contribution in [2.45, 2.75) is 26.2 Å². The molecule has 2 aromatic rings. The lowest BCUT2D eigenvalue weighted by atomic mass is 9.99. The second-order valence-electron chi connectivity index (χ2n) is 5.69. The molecule has 0 heterocycles. The summed E-state index contributed by atoms with van der Waals surface area (Å²) in [5.41, 5.74) is 2.50. The largest absolute Gasteiger partial charge is 0.495 e. The Morgan fingerprint density at radius 2 is 1.92 bits per heavy atom. The smallest absolute Gasteiger partial charge is 0.257 e. The van der Waals surface area contributed by atoms with Gasteiger partial charge in [0.05, 0.1) is 12.1 Å². The van der Waals surface area contributed by atoms with Gasteiger partial charge in [-0.3, -0.25) is 10.1 Å². The van der Waals surface area contributed by atoms with E-state index in [0.29, 0.717) is 22.3 Å². The molecule has 0 aliphatic rings. The van der Waals surface area contributed by atoms with Crippen LogP contribution in [0.3, 0.4) is 0 Å². The van der Waals surface area contributed by atoms with Gasteiger partial charge in [-0.2, -0.15) is 0 Å². The Morgan fingerprint density at radius 1 is 1.24 bits per heavy atom. The second-order valence-corrected chi connectivity index (χ2v) is 6.50. The van der Waals surface area contributed by atoms with Crippen LogP contribution in [-0.2, 0) is 0 Å². The van der Waals surface area contributed by atoms with Gasteiger partial charge in [0.15, 0.2) is 5.11 Å². The van der Waals surface area contributed by atoms with E-state index in [9.17, 15) is 4.79 Å². The molecule has 0 saturated carbocycles. The minimum Gasteiger partial charge on any atom is -0.495 e. The van der Waals surface area contributed by atoms with E-state index in [1.807, 2.05) is 12.1 Å². The first-order valence-electron chi connectivity index (χ1n) is 8.00. The summed E-state index contributed by atoms with van der Waals surface area (Å²) in [6, 6.07) is 12.8. The zero-order valence-corrected chi connectivity index (χ0v) is 16.0. The van der Waals surface area contributed by atoms with Gasteiger partial charge < -0.3 is 10.1 Å². The number of methoxy groups -OCH3 is 1. The van der Waals surface area contributed by atoms with Crippen LogP contribution >= 0.6 is 23.8 Å². The SMILES string of the molecule is CC[C@@H](C)c1ccc(NC(=S)NC(=O)c2ccc(OC)c(Cl)c2)cc1. The van der Waals surface area contributed by atoms with Crippen molar-refractivity contribution >= 4 is 40.5 Å². The van der Waals surface area contributed by atoms with E-state index >= 15 is 0 Å². The summed E-state index contributed by atoms with van der Waals surface area (Å²) in [4.78, 5) is 12.2. The average Bonchev–Trinajstić information content (AvgIpc) is 2.61. The molecule has 0 unspecified atom stereocenters. The summed E-state index contributed by atoms with van der Waals surface area (Å²) in [5, 5.41) is 6.25. The van der Waals surface area contributed by atoms with Crippen molar-refractivity contribution < 1.29 is 9.53 Å². The van der Waals surface area contributed by atoms with E-state index in [1.54, 1.807) is 18.2 Å². The minimum absolute atomic E-state index is 0.230. The lowest BCUT2D eigenvalue weighted by Gasteiger charge is -2.12. The predicted octanol–water partition coefficient (Wildman–Crippen LogP) is 4.99. The summed E-state index contributed by atoms with van der Waals surface area (Å²) in [6.45, 7) is 4.35. The van der Waals surface area contributed by atoms with Crippen molar-refractivity contribution in [3.63, 3.8) is 0 Å². The third-order valence-electron chi connectivity index (χ3n) is 3.99. The summed E-state index contributed by atoms with van der Waals surface area (Å²) in [7, 11) is 1.52. The van der Waals surface area contributed by atoms with E-state index < -0.39 is 0 Å². The monoisotopic (exact) mass is 376 g/mol. The number of ether oxygens (including phenoxy) is 1. The number of hydrogen-bond acceptors (Lipinski definition) is 3. The number of thiocarbonyl (C=S) groups is 1. The van der Waals surface area contributed by atoms with Crippen molar-refractivity contribution in [2.24, 2.45) is 0 Å². The Hall–Kier alpha value is -2.11. The van der Waals surface area contributed by atoms with E-state index in [4.69, 9.17) is 28.6 Å². The zero-order chi connectivity index (χ0) is 18.4. The summed E-state index contributed by atoms with van der Waals surface area (Å²) in [5.74, 6) is 0.694. The van der Waals surface area contributed by atoms with E-state index in [-0.39, 0.29) is 11.0 Å². The van der Waals surface area contributed by atoms with Gasteiger partial charge in [0.25, 0.3) is 5.91 Å². The van der Waals surface area contributed by atoms with E-state index in [1.165, 1.54) is 12.7 Å². The molecule has 4 nitrogen and oxygen atoms in total. The van der Waals surface area contributed by atoms with Crippen LogP contribution in [-0.4, -0.2) is 18.1 Å². The quantitative estimate of drug-likeness (QED) is 0.722. The minimum atomic E-state index is -0.335. The number of benzene rings is 2. The normalized spacial score (nSPS) is 11.5. The van der Waals surface area contributed by atoms with Crippen LogP contribution in [0.1, 0.15) is 42.1 Å². The lowest BCUT2D eigenvalue weighted by molar-refractivity contribution is 0.0977. The van der Waals surface area contributed by atoms with Crippen LogP contribution in [0.15, 0.2) is 42.5 Å². The zero-order valence-electron chi connectivity index (χ0n) is 14.4. The molecular formula is C19H21ClN2O2S. The number of anilines is 1. The molecule has 0 bridgehead atoms. The molecule has 1 amide bonds. The number of carbonyl (C=O) groups is 1. The molecule has 0 spiro atoms. The van der Waals surface area contributed by atoms with Crippen LogP contribution in [0.4, 0.5) is 5.69 Å². The van der Waals surface area contributed by atoms with Crippen molar-refractivity contribution in [1.82, 2.24) is 5.32 Å². The maximum absolute atomic E-state index is 12.2. The van der Waals surface area contributed by atoms with Gasteiger partial charge >= 0.3 is 0 Å². The molecule has 0 aliphatic heterocycles. The molecule has 6 heteroatoms. The molecule has 2 N–H and O–H groups in total. The molecule has 0 radical (unpaired) electrons. The standard InChI is InChI=1S/C19H21ClN2O2S/c1-4-12(2)13-5-8-15(9-6-13)21-19(25)22-18(23)14-7-10-17(24-3)16(20)11-14/h5-12H,4H2,1-3H3,(H2,21,22,23,25)/t12-/m1/s1. The Kier molecular flexibility index (Phi) is 6.79. The molecule has 1 atom stereocenters. The first kappa shape index (κ1) is 19.2. The number of hydrogen-bond donors (Lipinski definition) is 2. The first-order valence-corrected chi connectivity index (χ1v) is 8.79. The first-order chi connectivity index (χ1) is 11.9. The highest BCUT2D eigenvalue weighted by atomic mass is 35.5. The number of carbonyl (C=O) groups excluding carboxylic acids is 1.